The highest BCUT2D eigenvalue weighted by Gasteiger charge is 2.16. The average Bonchev–Trinajstić information content (AvgIpc) is 3.10. The summed E-state index contributed by atoms with van der Waals surface area (Å²) < 4.78 is 1.22. The topological polar surface area (TPSA) is 70.5 Å². The Morgan fingerprint density at radius 3 is 2.77 bits per heavy atom. The molecule has 0 aromatic carbocycles. The van der Waals surface area contributed by atoms with E-state index in [0.717, 1.165) is 38.3 Å². The van der Waals surface area contributed by atoms with Gasteiger partial charge in [0, 0.05) is 49.6 Å². The van der Waals surface area contributed by atoms with Gasteiger partial charge in [-0.3, -0.25) is 9.59 Å². The molecule has 0 bridgehead atoms. The fourth-order valence-corrected chi connectivity index (χ4v) is 3.85. The number of amides is 1. The molecule has 140 valence electrons. The summed E-state index contributed by atoms with van der Waals surface area (Å²) in [6.07, 6.45) is 2.46. The first-order valence-electron chi connectivity index (χ1n) is 8.83. The summed E-state index contributed by atoms with van der Waals surface area (Å²) in [6, 6.07) is 5.64. The molecule has 1 amide bonds. The van der Waals surface area contributed by atoms with Crippen LogP contribution >= 0.6 is 11.3 Å². The van der Waals surface area contributed by atoms with Gasteiger partial charge in [-0.1, -0.05) is 6.07 Å². The van der Waals surface area contributed by atoms with Crippen LogP contribution in [-0.4, -0.2) is 59.9 Å². The third kappa shape index (κ3) is 4.92. The van der Waals surface area contributed by atoms with Crippen molar-refractivity contribution in [3.63, 3.8) is 0 Å². The number of thiophene rings is 1. The molecular formula is C18H25N5O2S. The number of hydrogen-bond acceptors (Lipinski definition) is 6. The van der Waals surface area contributed by atoms with Gasteiger partial charge in [-0.15, -0.1) is 11.3 Å². The molecule has 26 heavy (non-hydrogen) atoms. The molecule has 1 fully saturated rings. The predicted molar refractivity (Wildman–Crippen MR) is 104 cm³/mol. The summed E-state index contributed by atoms with van der Waals surface area (Å²) in [5.74, 6) is -0.198. The van der Waals surface area contributed by atoms with Crippen molar-refractivity contribution in [2.75, 3.05) is 38.1 Å². The summed E-state index contributed by atoms with van der Waals surface area (Å²) in [4.78, 5) is 30.2. The lowest BCUT2D eigenvalue weighted by molar-refractivity contribution is -0.122. The molecule has 7 nitrogen and oxygen atoms in total. The highest BCUT2D eigenvalue weighted by Crippen LogP contribution is 2.12. The normalized spacial score (nSPS) is 16.5. The number of carbonyl (C=O) groups is 1. The summed E-state index contributed by atoms with van der Waals surface area (Å²) >= 11 is 1.67. The molecule has 3 rings (SSSR count). The van der Waals surface area contributed by atoms with E-state index in [1.807, 2.05) is 18.4 Å². The second-order valence-corrected chi connectivity index (χ2v) is 7.78. The number of anilines is 1. The largest absolute Gasteiger partial charge is 0.368 e. The Bertz CT molecular complexity index is 781. The van der Waals surface area contributed by atoms with Crippen LogP contribution in [-0.2, 0) is 17.8 Å². The lowest BCUT2D eigenvalue weighted by Crippen LogP contribution is -2.45. The van der Waals surface area contributed by atoms with Crippen molar-refractivity contribution in [2.45, 2.75) is 25.9 Å². The van der Waals surface area contributed by atoms with Gasteiger partial charge >= 0.3 is 0 Å². The number of hydrogen-bond donors (Lipinski definition) is 1. The predicted octanol–water partition coefficient (Wildman–Crippen LogP) is 0.804. The van der Waals surface area contributed by atoms with E-state index in [9.17, 15) is 9.59 Å². The molecule has 2 aromatic rings. The van der Waals surface area contributed by atoms with Gasteiger partial charge in [0.25, 0.3) is 5.56 Å². The summed E-state index contributed by atoms with van der Waals surface area (Å²) in [6.45, 7) is 5.59. The van der Waals surface area contributed by atoms with Gasteiger partial charge in [0.1, 0.15) is 6.54 Å². The molecule has 1 aliphatic heterocycles. The van der Waals surface area contributed by atoms with Crippen molar-refractivity contribution in [1.82, 2.24) is 20.0 Å². The van der Waals surface area contributed by atoms with Crippen LogP contribution in [0.5, 0.6) is 0 Å². The maximum Gasteiger partial charge on any atom is 0.269 e. The lowest BCUT2D eigenvalue weighted by Gasteiger charge is -2.33. The van der Waals surface area contributed by atoms with E-state index in [1.165, 1.54) is 9.56 Å². The second kappa shape index (κ2) is 8.46. The Morgan fingerprint density at radius 1 is 1.35 bits per heavy atom. The SMILES string of the molecule is C[C@@H](Cc1cccs1)NC(=O)Cn1ncc(N2CCN(C)CC2)cc1=O. The molecule has 0 aliphatic carbocycles. The third-order valence-electron chi connectivity index (χ3n) is 4.51. The Morgan fingerprint density at radius 2 is 2.12 bits per heavy atom. The minimum Gasteiger partial charge on any atom is -0.368 e. The Kier molecular flexibility index (Phi) is 6.05. The standard InChI is InChI=1S/C18H25N5O2S/c1-14(10-16-4-3-9-26-16)20-17(24)13-23-18(25)11-15(12-19-23)22-7-5-21(2)6-8-22/h3-4,9,11-12,14H,5-8,10,13H2,1-2H3,(H,20,24)/t14-/m0/s1. The minimum atomic E-state index is -0.248. The third-order valence-corrected chi connectivity index (χ3v) is 5.41. The number of likely N-dealkylation sites (N-methyl/N-ethyl adjacent to an activating group) is 1. The molecule has 0 unspecified atom stereocenters. The summed E-state index contributed by atoms with van der Waals surface area (Å²) in [5, 5.41) is 9.14. The number of piperazine rings is 1. The van der Waals surface area contributed by atoms with Crippen molar-refractivity contribution >= 4 is 22.9 Å². The molecular weight excluding hydrogens is 350 g/mol. The van der Waals surface area contributed by atoms with Crippen LogP contribution < -0.4 is 15.8 Å². The highest BCUT2D eigenvalue weighted by atomic mass is 32.1. The summed E-state index contributed by atoms with van der Waals surface area (Å²) in [5.41, 5.74) is 0.577. The first-order chi connectivity index (χ1) is 12.5. The molecule has 3 heterocycles. The zero-order chi connectivity index (χ0) is 18.5. The minimum absolute atomic E-state index is 0.0152. The van der Waals surface area contributed by atoms with E-state index < -0.39 is 0 Å². The zero-order valence-corrected chi connectivity index (χ0v) is 16.0. The maximum absolute atomic E-state index is 12.3. The molecule has 0 radical (unpaired) electrons. The van der Waals surface area contributed by atoms with Gasteiger partial charge in [-0.2, -0.15) is 5.10 Å². The first-order valence-corrected chi connectivity index (χ1v) is 9.71. The average molecular weight is 375 g/mol. The molecule has 1 atom stereocenters. The molecule has 2 aromatic heterocycles. The van der Waals surface area contributed by atoms with Crippen LogP contribution in [0.2, 0.25) is 0 Å². The van der Waals surface area contributed by atoms with Crippen LogP contribution in [0.1, 0.15) is 11.8 Å². The number of nitrogens with one attached hydrogen (secondary N) is 1. The lowest BCUT2D eigenvalue weighted by atomic mass is 10.2. The van der Waals surface area contributed by atoms with Gasteiger partial charge in [0.15, 0.2) is 0 Å². The number of carbonyl (C=O) groups excluding carboxylic acids is 1. The van der Waals surface area contributed by atoms with E-state index in [2.05, 4.69) is 33.3 Å². The highest BCUT2D eigenvalue weighted by molar-refractivity contribution is 7.09. The Hall–Kier alpha value is -2.19. The van der Waals surface area contributed by atoms with Gasteiger partial charge in [0.2, 0.25) is 5.91 Å². The molecule has 0 spiro atoms. The van der Waals surface area contributed by atoms with Crippen molar-refractivity contribution in [3.05, 3.63) is 45.0 Å². The van der Waals surface area contributed by atoms with Gasteiger partial charge in [-0.25, -0.2) is 4.68 Å². The van der Waals surface area contributed by atoms with Crippen molar-refractivity contribution in [3.8, 4) is 0 Å². The number of aromatic nitrogens is 2. The van der Waals surface area contributed by atoms with Crippen molar-refractivity contribution < 1.29 is 4.79 Å². The smallest absolute Gasteiger partial charge is 0.269 e. The first kappa shape index (κ1) is 18.6. The van der Waals surface area contributed by atoms with E-state index in [4.69, 9.17) is 0 Å². The molecule has 0 saturated carbocycles. The molecule has 1 N–H and O–H groups in total. The summed E-state index contributed by atoms with van der Waals surface area (Å²) in [7, 11) is 2.09. The fraction of sp³-hybridized carbons (Fsp3) is 0.500. The number of nitrogens with zero attached hydrogens (tertiary/aromatic N) is 4. The van der Waals surface area contributed by atoms with Gasteiger partial charge in [0.05, 0.1) is 11.9 Å². The fourth-order valence-electron chi connectivity index (χ4n) is 3.02. The molecule has 1 saturated heterocycles. The second-order valence-electron chi connectivity index (χ2n) is 6.75. The monoisotopic (exact) mass is 375 g/mol. The Labute approximate surface area is 157 Å². The molecule has 8 heteroatoms. The Balaban J connectivity index is 1.55. The van der Waals surface area contributed by atoms with E-state index in [1.54, 1.807) is 23.6 Å². The van der Waals surface area contributed by atoms with Crippen LogP contribution in [0.15, 0.2) is 34.6 Å². The van der Waals surface area contributed by atoms with E-state index >= 15 is 0 Å². The molecule has 1 aliphatic rings. The van der Waals surface area contributed by atoms with Crippen LogP contribution in [0.25, 0.3) is 0 Å². The van der Waals surface area contributed by atoms with E-state index in [-0.39, 0.29) is 24.1 Å². The van der Waals surface area contributed by atoms with Gasteiger partial charge < -0.3 is 15.1 Å². The quantitative estimate of drug-likeness (QED) is 0.809. The van der Waals surface area contributed by atoms with Crippen molar-refractivity contribution in [1.29, 1.82) is 0 Å². The number of rotatable bonds is 6. The maximum atomic E-state index is 12.3. The van der Waals surface area contributed by atoms with E-state index in [0.29, 0.717) is 0 Å². The van der Waals surface area contributed by atoms with Crippen LogP contribution in [0, 0.1) is 0 Å². The van der Waals surface area contributed by atoms with Crippen molar-refractivity contribution in [2.24, 2.45) is 0 Å². The zero-order valence-electron chi connectivity index (χ0n) is 15.2. The van der Waals surface area contributed by atoms with Crippen LogP contribution in [0.4, 0.5) is 5.69 Å². The van der Waals surface area contributed by atoms with Crippen LogP contribution in [0.3, 0.4) is 0 Å². The van der Waals surface area contributed by atoms with Gasteiger partial charge in [-0.05, 0) is 25.4 Å².